The second kappa shape index (κ2) is 9.93. The summed E-state index contributed by atoms with van der Waals surface area (Å²) in [5, 5.41) is 7.29. The van der Waals surface area contributed by atoms with Gasteiger partial charge in [-0.25, -0.2) is 0 Å². The molecule has 1 heterocycles. The molecule has 0 bridgehead atoms. The first-order chi connectivity index (χ1) is 14.9. The van der Waals surface area contributed by atoms with Crippen molar-refractivity contribution in [2.75, 3.05) is 14.2 Å². The third-order valence-corrected chi connectivity index (χ3v) is 5.14. The Kier molecular flexibility index (Phi) is 7.07. The van der Waals surface area contributed by atoms with Crippen LogP contribution >= 0.6 is 0 Å². The number of nitrogens with one attached hydrogen (secondary N) is 1. The molecule has 0 saturated heterocycles. The Bertz CT molecular complexity index is 1070. The van der Waals surface area contributed by atoms with Crippen molar-refractivity contribution in [3.05, 3.63) is 71.5 Å². The molecule has 3 rings (SSSR count). The number of rotatable bonds is 8. The van der Waals surface area contributed by atoms with Gasteiger partial charge in [0.15, 0.2) is 0 Å². The van der Waals surface area contributed by atoms with Crippen LogP contribution in [-0.2, 0) is 23.0 Å². The summed E-state index contributed by atoms with van der Waals surface area (Å²) >= 11 is 0. The highest BCUT2D eigenvalue weighted by Crippen LogP contribution is 2.29. The Morgan fingerprint density at radius 1 is 1.13 bits per heavy atom. The van der Waals surface area contributed by atoms with Crippen LogP contribution in [-0.4, -0.2) is 35.9 Å². The largest absolute Gasteiger partial charge is 0.497 e. The van der Waals surface area contributed by atoms with Gasteiger partial charge in [0.25, 0.3) is 5.91 Å². The predicted octanol–water partition coefficient (Wildman–Crippen LogP) is 3.69. The van der Waals surface area contributed by atoms with Gasteiger partial charge in [-0.15, -0.1) is 0 Å². The zero-order valence-corrected chi connectivity index (χ0v) is 18.2. The highest BCUT2D eigenvalue weighted by Gasteiger charge is 2.17. The fourth-order valence-corrected chi connectivity index (χ4v) is 3.38. The predicted molar refractivity (Wildman–Crippen MR) is 118 cm³/mol. The third-order valence-electron chi connectivity index (χ3n) is 5.14. The average molecular weight is 421 g/mol. The van der Waals surface area contributed by atoms with E-state index in [4.69, 9.17) is 9.47 Å². The summed E-state index contributed by atoms with van der Waals surface area (Å²) in [6.07, 6.45) is 4.38. The van der Waals surface area contributed by atoms with E-state index in [2.05, 4.69) is 10.4 Å². The molecule has 0 aliphatic carbocycles. The summed E-state index contributed by atoms with van der Waals surface area (Å²) in [4.78, 5) is 24.5. The van der Waals surface area contributed by atoms with E-state index in [1.165, 1.54) is 7.11 Å². The number of benzene rings is 2. The molecule has 0 radical (unpaired) electrons. The minimum absolute atomic E-state index is 0.196. The molecule has 1 unspecified atom stereocenters. The summed E-state index contributed by atoms with van der Waals surface area (Å²) < 4.78 is 11.9. The zero-order valence-electron chi connectivity index (χ0n) is 18.2. The number of methoxy groups -OCH3 is 2. The summed E-state index contributed by atoms with van der Waals surface area (Å²) in [6, 6.07) is 12.9. The highest BCUT2D eigenvalue weighted by molar-refractivity contribution is 5.96. The van der Waals surface area contributed by atoms with E-state index in [9.17, 15) is 9.59 Å². The van der Waals surface area contributed by atoms with Crippen molar-refractivity contribution in [2.45, 2.75) is 25.8 Å². The van der Waals surface area contributed by atoms with Gasteiger partial charge < -0.3 is 14.8 Å². The molecule has 3 aromatic rings. The number of nitrogens with zero attached hydrogens (tertiary/aromatic N) is 2. The Labute approximate surface area is 182 Å². The molecule has 1 N–H and O–H groups in total. The number of hydrogen-bond acceptors (Lipinski definition) is 5. The van der Waals surface area contributed by atoms with Crippen LogP contribution in [0.3, 0.4) is 0 Å². The monoisotopic (exact) mass is 421 g/mol. The van der Waals surface area contributed by atoms with Crippen LogP contribution in [0, 0.1) is 0 Å². The first-order valence-corrected chi connectivity index (χ1v) is 10.0. The van der Waals surface area contributed by atoms with Crippen LogP contribution in [0.2, 0.25) is 0 Å². The van der Waals surface area contributed by atoms with Gasteiger partial charge in [-0.05, 0) is 54.3 Å². The first-order valence-electron chi connectivity index (χ1n) is 10.0. The van der Waals surface area contributed by atoms with Crippen LogP contribution in [0.15, 0.2) is 54.9 Å². The molecule has 1 amide bonds. The minimum atomic E-state index is -0.303. The second-order valence-electron chi connectivity index (χ2n) is 7.33. The maximum atomic E-state index is 13.0. The van der Waals surface area contributed by atoms with E-state index < -0.39 is 0 Å². The van der Waals surface area contributed by atoms with Crippen LogP contribution in [0.1, 0.15) is 40.9 Å². The van der Waals surface area contributed by atoms with Gasteiger partial charge in [0.05, 0.1) is 26.5 Å². The van der Waals surface area contributed by atoms with Gasteiger partial charge in [0.2, 0.25) is 0 Å². The van der Waals surface area contributed by atoms with Gasteiger partial charge in [-0.2, -0.15) is 5.10 Å². The smallest absolute Gasteiger partial charge is 0.305 e. The number of hydrogen-bond donors (Lipinski definition) is 1. The Hall–Kier alpha value is -3.61. The van der Waals surface area contributed by atoms with Crippen molar-refractivity contribution in [3.8, 4) is 16.9 Å². The molecule has 0 fully saturated rings. The molecule has 1 aromatic heterocycles. The number of carbonyl (C=O) groups excluding carboxylic acids is 2. The molecule has 0 saturated carbocycles. The first kappa shape index (κ1) is 22.1. The van der Waals surface area contributed by atoms with Gasteiger partial charge in [0.1, 0.15) is 5.75 Å². The number of ether oxygens (including phenoxy) is 2. The fraction of sp³-hybridized carbons (Fsp3) is 0.292. The van der Waals surface area contributed by atoms with Crippen molar-refractivity contribution in [1.82, 2.24) is 15.1 Å². The van der Waals surface area contributed by atoms with Crippen molar-refractivity contribution in [3.63, 3.8) is 0 Å². The lowest BCUT2D eigenvalue weighted by molar-refractivity contribution is -0.140. The van der Waals surface area contributed by atoms with Crippen molar-refractivity contribution >= 4 is 11.9 Å². The standard InChI is InChI=1S/C24H27N3O4/c1-16(18-11-19(13-21(12-18)30-3)20-14-25-27(2)15-20)26-24(29)22-8-6-5-7-17(22)9-10-23(28)31-4/h5-8,11-16H,9-10H2,1-4H3,(H,26,29). The van der Waals surface area contributed by atoms with Crippen LogP contribution in [0.5, 0.6) is 5.75 Å². The number of aromatic nitrogens is 2. The molecule has 0 aliphatic rings. The molecule has 1 atom stereocenters. The van der Waals surface area contributed by atoms with Gasteiger partial charge in [-0.3, -0.25) is 14.3 Å². The molecule has 162 valence electrons. The fourth-order valence-electron chi connectivity index (χ4n) is 3.38. The third kappa shape index (κ3) is 5.51. The minimum Gasteiger partial charge on any atom is -0.497 e. The number of carbonyl (C=O) groups is 2. The van der Waals surface area contributed by atoms with Crippen LogP contribution < -0.4 is 10.1 Å². The Morgan fingerprint density at radius 3 is 2.58 bits per heavy atom. The molecule has 7 nitrogen and oxygen atoms in total. The van der Waals surface area contributed by atoms with E-state index in [-0.39, 0.29) is 24.3 Å². The molecule has 7 heteroatoms. The highest BCUT2D eigenvalue weighted by atomic mass is 16.5. The summed E-state index contributed by atoms with van der Waals surface area (Å²) in [7, 11) is 4.84. The van der Waals surface area contributed by atoms with E-state index >= 15 is 0 Å². The Balaban J connectivity index is 1.81. The number of esters is 1. The molecule has 0 spiro atoms. The van der Waals surface area contributed by atoms with Crippen molar-refractivity contribution < 1.29 is 19.1 Å². The molecule has 0 aliphatic heterocycles. The molecule has 31 heavy (non-hydrogen) atoms. The normalized spacial score (nSPS) is 11.6. The second-order valence-corrected chi connectivity index (χ2v) is 7.33. The lowest BCUT2D eigenvalue weighted by Crippen LogP contribution is -2.27. The maximum Gasteiger partial charge on any atom is 0.305 e. The van der Waals surface area contributed by atoms with Gasteiger partial charge in [0, 0.05) is 30.8 Å². The van der Waals surface area contributed by atoms with E-state index in [0.717, 1.165) is 22.3 Å². The summed E-state index contributed by atoms with van der Waals surface area (Å²) in [5.41, 5.74) is 4.20. The zero-order chi connectivity index (χ0) is 22.4. The number of aryl methyl sites for hydroxylation is 2. The van der Waals surface area contributed by atoms with Crippen molar-refractivity contribution in [2.24, 2.45) is 7.05 Å². The average Bonchev–Trinajstić information content (AvgIpc) is 3.23. The quantitative estimate of drug-likeness (QED) is 0.561. The maximum absolute atomic E-state index is 13.0. The van der Waals surface area contributed by atoms with E-state index in [1.807, 2.05) is 56.6 Å². The molecular formula is C24H27N3O4. The van der Waals surface area contributed by atoms with E-state index in [0.29, 0.717) is 17.7 Å². The van der Waals surface area contributed by atoms with Crippen LogP contribution in [0.25, 0.3) is 11.1 Å². The van der Waals surface area contributed by atoms with Gasteiger partial charge >= 0.3 is 5.97 Å². The van der Waals surface area contributed by atoms with E-state index in [1.54, 1.807) is 24.1 Å². The lowest BCUT2D eigenvalue weighted by atomic mass is 9.99. The van der Waals surface area contributed by atoms with Gasteiger partial charge in [-0.1, -0.05) is 18.2 Å². The Morgan fingerprint density at radius 2 is 1.90 bits per heavy atom. The lowest BCUT2D eigenvalue weighted by Gasteiger charge is -2.18. The van der Waals surface area contributed by atoms with Crippen molar-refractivity contribution in [1.29, 1.82) is 0 Å². The summed E-state index contributed by atoms with van der Waals surface area (Å²) in [6.45, 7) is 1.93. The topological polar surface area (TPSA) is 82.5 Å². The molecular weight excluding hydrogens is 394 g/mol. The number of amides is 1. The molecule has 2 aromatic carbocycles. The van der Waals surface area contributed by atoms with Crippen LogP contribution in [0.4, 0.5) is 0 Å². The summed E-state index contributed by atoms with van der Waals surface area (Å²) in [5.74, 6) is 0.206. The SMILES string of the molecule is COC(=O)CCc1ccccc1C(=O)NC(C)c1cc(OC)cc(-c2cnn(C)c2)c1.